The molecule has 3 nitrogen and oxygen atoms in total. The molecule has 1 aromatic rings. The molecule has 2 N–H and O–H groups in total. The van der Waals surface area contributed by atoms with Crippen LogP contribution in [0.2, 0.25) is 0 Å². The van der Waals surface area contributed by atoms with Crippen LogP contribution < -0.4 is 10.1 Å². The summed E-state index contributed by atoms with van der Waals surface area (Å²) in [6.45, 7) is 4.54. The minimum Gasteiger partial charge on any atom is -0.496 e. The van der Waals surface area contributed by atoms with Crippen LogP contribution in [0.5, 0.6) is 5.75 Å². The van der Waals surface area contributed by atoms with Crippen molar-refractivity contribution >= 4 is 0 Å². The standard InChI is InChI=1S/C18H29NO2/c1-13(2)17(19-15-8-10-16(20)11-9-15)12-14-6-4-5-7-18(14)21-3/h4-7,13,15-17,19-20H,8-12H2,1-3H3. The van der Waals surface area contributed by atoms with Crippen LogP contribution in [0.1, 0.15) is 45.1 Å². The molecule has 0 amide bonds. The molecule has 1 fully saturated rings. The minimum atomic E-state index is -0.0882. The summed E-state index contributed by atoms with van der Waals surface area (Å²) in [7, 11) is 1.74. The van der Waals surface area contributed by atoms with Gasteiger partial charge in [-0.2, -0.15) is 0 Å². The van der Waals surface area contributed by atoms with E-state index in [9.17, 15) is 5.11 Å². The predicted molar refractivity (Wildman–Crippen MR) is 86.7 cm³/mol. The maximum atomic E-state index is 9.63. The van der Waals surface area contributed by atoms with Crippen molar-refractivity contribution < 1.29 is 9.84 Å². The van der Waals surface area contributed by atoms with Gasteiger partial charge >= 0.3 is 0 Å². The average molecular weight is 291 g/mol. The fraction of sp³-hybridized carbons (Fsp3) is 0.667. The van der Waals surface area contributed by atoms with E-state index in [2.05, 4.69) is 31.3 Å². The summed E-state index contributed by atoms with van der Waals surface area (Å²) >= 11 is 0. The van der Waals surface area contributed by atoms with Crippen LogP contribution in [0.15, 0.2) is 24.3 Å². The van der Waals surface area contributed by atoms with Gasteiger partial charge in [0.15, 0.2) is 0 Å². The molecule has 0 spiro atoms. The lowest BCUT2D eigenvalue weighted by molar-refractivity contribution is 0.112. The molecule has 1 atom stereocenters. The number of ether oxygens (including phenoxy) is 1. The van der Waals surface area contributed by atoms with Crippen molar-refractivity contribution in [2.75, 3.05) is 7.11 Å². The van der Waals surface area contributed by atoms with E-state index in [1.165, 1.54) is 5.56 Å². The van der Waals surface area contributed by atoms with E-state index >= 15 is 0 Å². The zero-order valence-corrected chi connectivity index (χ0v) is 13.5. The van der Waals surface area contributed by atoms with Crippen molar-refractivity contribution in [1.29, 1.82) is 0 Å². The lowest BCUT2D eigenvalue weighted by Gasteiger charge is -2.32. The van der Waals surface area contributed by atoms with E-state index in [-0.39, 0.29) is 6.10 Å². The Labute approximate surface area is 128 Å². The molecule has 0 aliphatic heterocycles. The summed E-state index contributed by atoms with van der Waals surface area (Å²) in [5.74, 6) is 1.55. The Kier molecular flexibility index (Phi) is 6.07. The first-order valence-electron chi connectivity index (χ1n) is 8.16. The predicted octanol–water partition coefficient (Wildman–Crippen LogP) is 3.16. The Morgan fingerprint density at radius 3 is 2.48 bits per heavy atom. The Bertz CT molecular complexity index is 425. The van der Waals surface area contributed by atoms with Crippen LogP contribution in [0.25, 0.3) is 0 Å². The van der Waals surface area contributed by atoms with Gasteiger partial charge in [0.2, 0.25) is 0 Å². The van der Waals surface area contributed by atoms with Crippen LogP contribution in [0.4, 0.5) is 0 Å². The van der Waals surface area contributed by atoms with Crippen LogP contribution in [0.3, 0.4) is 0 Å². The number of aliphatic hydroxyl groups excluding tert-OH is 1. The van der Waals surface area contributed by atoms with Gasteiger partial charge in [0.1, 0.15) is 5.75 Å². The highest BCUT2D eigenvalue weighted by Gasteiger charge is 2.24. The van der Waals surface area contributed by atoms with Crippen molar-refractivity contribution in [2.24, 2.45) is 5.92 Å². The topological polar surface area (TPSA) is 41.5 Å². The third-order valence-electron chi connectivity index (χ3n) is 4.58. The smallest absolute Gasteiger partial charge is 0.122 e. The van der Waals surface area contributed by atoms with E-state index < -0.39 is 0 Å². The molecule has 0 saturated heterocycles. The molecule has 3 heteroatoms. The molecule has 1 aliphatic rings. The monoisotopic (exact) mass is 291 g/mol. The van der Waals surface area contributed by atoms with Crippen LogP contribution in [0, 0.1) is 5.92 Å². The second kappa shape index (κ2) is 7.81. The van der Waals surface area contributed by atoms with Gasteiger partial charge in [-0.1, -0.05) is 32.0 Å². The van der Waals surface area contributed by atoms with Gasteiger partial charge in [-0.3, -0.25) is 0 Å². The van der Waals surface area contributed by atoms with E-state index in [4.69, 9.17) is 4.74 Å². The lowest BCUT2D eigenvalue weighted by Crippen LogP contribution is -2.44. The summed E-state index contributed by atoms with van der Waals surface area (Å²) in [6, 6.07) is 9.26. The third kappa shape index (κ3) is 4.72. The van der Waals surface area contributed by atoms with E-state index in [1.54, 1.807) is 7.11 Å². The zero-order chi connectivity index (χ0) is 15.2. The van der Waals surface area contributed by atoms with Gasteiger partial charge in [0, 0.05) is 12.1 Å². The van der Waals surface area contributed by atoms with Crippen molar-refractivity contribution in [2.45, 2.75) is 64.1 Å². The Morgan fingerprint density at radius 2 is 1.86 bits per heavy atom. The summed E-state index contributed by atoms with van der Waals surface area (Å²) in [4.78, 5) is 0. The summed E-state index contributed by atoms with van der Waals surface area (Å²) in [5, 5.41) is 13.4. The molecular formula is C18H29NO2. The highest BCUT2D eigenvalue weighted by molar-refractivity contribution is 5.33. The molecule has 0 radical (unpaired) electrons. The van der Waals surface area contributed by atoms with Gasteiger partial charge in [-0.05, 0) is 49.7 Å². The molecule has 1 aromatic carbocycles. The molecule has 21 heavy (non-hydrogen) atoms. The Morgan fingerprint density at radius 1 is 1.19 bits per heavy atom. The first-order valence-corrected chi connectivity index (χ1v) is 8.16. The van der Waals surface area contributed by atoms with E-state index in [0.717, 1.165) is 37.9 Å². The highest BCUT2D eigenvalue weighted by Crippen LogP contribution is 2.24. The van der Waals surface area contributed by atoms with Crippen molar-refractivity contribution in [3.63, 3.8) is 0 Å². The molecule has 1 saturated carbocycles. The first-order chi connectivity index (χ1) is 10.1. The number of hydrogen-bond donors (Lipinski definition) is 2. The molecule has 0 heterocycles. The van der Waals surface area contributed by atoms with Crippen molar-refractivity contribution in [1.82, 2.24) is 5.32 Å². The Hall–Kier alpha value is -1.06. The second-order valence-electron chi connectivity index (χ2n) is 6.54. The number of hydrogen-bond acceptors (Lipinski definition) is 3. The fourth-order valence-corrected chi connectivity index (χ4v) is 3.14. The van der Waals surface area contributed by atoms with Crippen LogP contribution in [-0.4, -0.2) is 30.4 Å². The normalized spacial score (nSPS) is 24.0. The maximum absolute atomic E-state index is 9.63. The largest absolute Gasteiger partial charge is 0.496 e. The van der Waals surface area contributed by atoms with Crippen molar-refractivity contribution in [3.05, 3.63) is 29.8 Å². The molecule has 1 unspecified atom stereocenters. The van der Waals surface area contributed by atoms with Gasteiger partial charge in [-0.15, -0.1) is 0 Å². The number of nitrogens with one attached hydrogen (secondary N) is 1. The van der Waals surface area contributed by atoms with E-state index in [1.807, 2.05) is 12.1 Å². The van der Waals surface area contributed by atoms with Crippen LogP contribution >= 0.6 is 0 Å². The molecule has 118 valence electrons. The maximum Gasteiger partial charge on any atom is 0.122 e. The van der Waals surface area contributed by atoms with Crippen molar-refractivity contribution in [3.8, 4) is 5.75 Å². The summed E-state index contributed by atoms with van der Waals surface area (Å²) < 4.78 is 5.47. The first kappa shape index (κ1) is 16.3. The van der Waals surface area contributed by atoms with Gasteiger partial charge in [-0.25, -0.2) is 0 Å². The molecule has 0 bridgehead atoms. The summed E-state index contributed by atoms with van der Waals surface area (Å²) in [5.41, 5.74) is 1.27. The number of aliphatic hydroxyl groups is 1. The molecular weight excluding hydrogens is 262 g/mol. The fourth-order valence-electron chi connectivity index (χ4n) is 3.14. The minimum absolute atomic E-state index is 0.0882. The highest BCUT2D eigenvalue weighted by atomic mass is 16.5. The van der Waals surface area contributed by atoms with Gasteiger partial charge < -0.3 is 15.2 Å². The van der Waals surface area contributed by atoms with Crippen LogP contribution in [-0.2, 0) is 6.42 Å². The Balaban J connectivity index is 1.99. The van der Waals surface area contributed by atoms with E-state index in [0.29, 0.717) is 18.0 Å². The zero-order valence-electron chi connectivity index (χ0n) is 13.5. The van der Waals surface area contributed by atoms with Gasteiger partial charge in [0.05, 0.1) is 13.2 Å². The molecule has 2 rings (SSSR count). The summed E-state index contributed by atoms with van der Waals surface area (Å²) in [6.07, 6.45) is 4.91. The quantitative estimate of drug-likeness (QED) is 0.846. The third-order valence-corrected chi connectivity index (χ3v) is 4.58. The molecule has 1 aliphatic carbocycles. The average Bonchev–Trinajstić information content (AvgIpc) is 2.49. The number of benzene rings is 1. The number of methoxy groups -OCH3 is 1. The molecule has 0 aromatic heterocycles. The lowest BCUT2D eigenvalue weighted by atomic mass is 9.89. The SMILES string of the molecule is COc1ccccc1CC(NC1CCC(O)CC1)C(C)C. The number of rotatable bonds is 6. The van der Waals surface area contributed by atoms with Gasteiger partial charge in [0.25, 0.3) is 0 Å². The number of para-hydroxylation sites is 1. The second-order valence-corrected chi connectivity index (χ2v) is 6.54.